The van der Waals surface area contributed by atoms with Gasteiger partial charge in [0.05, 0.1) is 23.3 Å². The monoisotopic (exact) mass is 459 g/mol. The van der Waals surface area contributed by atoms with Crippen LogP contribution in [0, 0.1) is 13.8 Å². The number of benzene rings is 2. The summed E-state index contributed by atoms with van der Waals surface area (Å²) in [5.41, 5.74) is 5.57. The van der Waals surface area contributed by atoms with Crippen molar-refractivity contribution in [2.45, 2.75) is 26.9 Å². The maximum Gasteiger partial charge on any atom is 0.256 e. The first-order chi connectivity index (χ1) is 15.9. The summed E-state index contributed by atoms with van der Waals surface area (Å²) in [6.45, 7) is 8.82. The molecule has 1 amide bonds. The number of ether oxygens (including phenoxy) is 1. The molecule has 5 nitrogen and oxygen atoms in total. The Balaban J connectivity index is 1.63. The number of rotatable bonds is 8. The molecule has 0 unspecified atom stereocenters. The van der Waals surface area contributed by atoms with Crippen LogP contribution in [-0.2, 0) is 13.1 Å². The van der Waals surface area contributed by atoms with E-state index in [9.17, 15) is 4.79 Å². The lowest BCUT2D eigenvalue weighted by atomic mass is 10.1. The number of carbonyl (C=O) groups is 1. The molecule has 0 saturated heterocycles. The Bertz CT molecular complexity index is 1280. The molecule has 168 valence electrons. The van der Waals surface area contributed by atoms with E-state index >= 15 is 0 Å². The van der Waals surface area contributed by atoms with Gasteiger partial charge in [0, 0.05) is 28.9 Å². The lowest BCUT2D eigenvalue weighted by Crippen LogP contribution is -2.30. The zero-order chi connectivity index (χ0) is 23.4. The number of pyridine rings is 1. The third-order valence-corrected chi connectivity index (χ3v) is 5.74. The van der Waals surface area contributed by atoms with Crippen LogP contribution in [0.15, 0.2) is 78.5 Å². The molecule has 0 fully saturated rings. The normalized spacial score (nSPS) is 10.9. The summed E-state index contributed by atoms with van der Waals surface area (Å²) >= 11 is 5.78. The predicted octanol–water partition coefficient (Wildman–Crippen LogP) is 6.15. The first-order valence-electron chi connectivity index (χ1n) is 10.7. The molecule has 0 spiro atoms. The molecule has 0 bridgehead atoms. The number of para-hydroxylation sites is 1. The van der Waals surface area contributed by atoms with Gasteiger partial charge in [-0.3, -0.25) is 9.78 Å². The van der Waals surface area contributed by atoms with Crippen LogP contribution >= 0.6 is 11.6 Å². The molecule has 6 heteroatoms. The minimum Gasteiger partial charge on any atom is -0.488 e. The number of hydrogen-bond acceptors (Lipinski definition) is 3. The van der Waals surface area contributed by atoms with E-state index in [0.717, 1.165) is 33.4 Å². The van der Waals surface area contributed by atoms with Gasteiger partial charge in [0.2, 0.25) is 0 Å². The van der Waals surface area contributed by atoms with E-state index in [2.05, 4.69) is 23.5 Å². The predicted molar refractivity (Wildman–Crippen MR) is 133 cm³/mol. The second kappa shape index (κ2) is 9.92. The summed E-state index contributed by atoms with van der Waals surface area (Å²) in [7, 11) is 0. The Kier molecular flexibility index (Phi) is 6.80. The maximum absolute atomic E-state index is 13.8. The number of carbonyl (C=O) groups excluding carboxylic acids is 1. The van der Waals surface area contributed by atoms with E-state index in [0.29, 0.717) is 29.4 Å². The van der Waals surface area contributed by atoms with Crippen LogP contribution < -0.4 is 4.74 Å². The topological polar surface area (TPSA) is 58.2 Å². The highest BCUT2D eigenvalue weighted by Crippen LogP contribution is 2.26. The Hall–Kier alpha value is -3.57. The Morgan fingerprint density at radius 2 is 1.85 bits per heavy atom. The van der Waals surface area contributed by atoms with Gasteiger partial charge in [-0.1, -0.05) is 48.5 Å². The minimum absolute atomic E-state index is 0.0498. The maximum atomic E-state index is 13.8. The molecule has 0 radical (unpaired) electrons. The number of H-pyrrole nitrogens is 1. The van der Waals surface area contributed by atoms with Crippen LogP contribution in [0.1, 0.15) is 32.9 Å². The van der Waals surface area contributed by atoms with E-state index < -0.39 is 0 Å². The minimum atomic E-state index is -0.0498. The van der Waals surface area contributed by atoms with Crippen LogP contribution in [0.4, 0.5) is 0 Å². The highest BCUT2D eigenvalue weighted by Gasteiger charge is 2.21. The van der Waals surface area contributed by atoms with Gasteiger partial charge in [0.25, 0.3) is 5.91 Å². The number of amides is 1. The van der Waals surface area contributed by atoms with Crippen molar-refractivity contribution in [2.24, 2.45) is 0 Å². The van der Waals surface area contributed by atoms with Gasteiger partial charge in [-0.25, -0.2) is 0 Å². The molecule has 4 rings (SSSR count). The molecule has 0 aliphatic rings. The molecule has 1 N–H and O–H groups in total. The molecule has 0 aliphatic carbocycles. The quantitative estimate of drug-likeness (QED) is 0.343. The molecular weight excluding hydrogens is 434 g/mol. The number of aromatic amines is 1. The first kappa shape index (κ1) is 22.6. The summed E-state index contributed by atoms with van der Waals surface area (Å²) in [6, 6.07) is 19.2. The van der Waals surface area contributed by atoms with Gasteiger partial charge in [-0.05, 0) is 55.3 Å². The third-order valence-electron chi connectivity index (χ3n) is 5.63. The van der Waals surface area contributed by atoms with Crippen molar-refractivity contribution < 1.29 is 9.53 Å². The molecule has 2 aromatic carbocycles. The lowest BCUT2D eigenvalue weighted by Gasteiger charge is -2.23. The van der Waals surface area contributed by atoms with Crippen molar-refractivity contribution in [3.05, 3.63) is 107 Å². The van der Waals surface area contributed by atoms with E-state index in [1.54, 1.807) is 6.20 Å². The molecule has 0 saturated carbocycles. The average Bonchev–Trinajstić information content (AvgIpc) is 3.12. The summed E-state index contributed by atoms with van der Waals surface area (Å²) in [6.07, 6.45) is 1.74. The average molecular weight is 460 g/mol. The second-order valence-electron chi connectivity index (χ2n) is 8.04. The largest absolute Gasteiger partial charge is 0.488 e. The van der Waals surface area contributed by atoms with Crippen LogP contribution in [0.25, 0.3) is 10.9 Å². The number of hydrogen-bond donors (Lipinski definition) is 1. The first-order valence-corrected chi connectivity index (χ1v) is 11.1. The van der Waals surface area contributed by atoms with Crippen molar-refractivity contribution in [2.75, 3.05) is 6.61 Å². The SMILES string of the molecule is C=C(Cl)COc1ccc(CN(Cc2ccccn2)C(=O)c2cccc3c(C)c(C)[nH]c23)cc1. The van der Waals surface area contributed by atoms with Crippen molar-refractivity contribution in [1.82, 2.24) is 14.9 Å². The van der Waals surface area contributed by atoms with Crippen LogP contribution in [-0.4, -0.2) is 27.4 Å². The zero-order valence-corrected chi connectivity index (χ0v) is 19.5. The Morgan fingerprint density at radius 3 is 2.55 bits per heavy atom. The van der Waals surface area contributed by atoms with E-state index in [1.165, 1.54) is 0 Å². The number of halogens is 1. The molecule has 2 aromatic heterocycles. The summed E-state index contributed by atoms with van der Waals surface area (Å²) in [5, 5.41) is 1.51. The van der Waals surface area contributed by atoms with Crippen LogP contribution in [0.5, 0.6) is 5.75 Å². The summed E-state index contributed by atoms with van der Waals surface area (Å²) in [5.74, 6) is 0.650. The smallest absolute Gasteiger partial charge is 0.256 e. The molecule has 2 heterocycles. The van der Waals surface area contributed by atoms with Crippen molar-refractivity contribution in [3.8, 4) is 5.75 Å². The van der Waals surface area contributed by atoms with Crippen molar-refractivity contribution >= 4 is 28.4 Å². The number of aromatic nitrogens is 2. The molecular formula is C27H26ClN3O2. The zero-order valence-electron chi connectivity index (χ0n) is 18.8. The number of nitrogens with one attached hydrogen (secondary N) is 1. The van der Waals surface area contributed by atoms with Crippen LogP contribution in [0.3, 0.4) is 0 Å². The fourth-order valence-electron chi connectivity index (χ4n) is 3.79. The van der Waals surface area contributed by atoms with E-state index in [1.807, 2.05) is 72.5 Å². The standard InChI is InChI=1S/C27H26ClN3O2/c1-18(28)17-33-23-12-10-21(11-13-23)15-31(16-22-7-4-5-14-29-22)27(32)25-9-6-8-24-19(2)20(3)30-26(24)25/h4-14,30H,1,15-17H2,2-3H3. The highest BCUT2D eigenvalue weighted by molar-refractivity contribution is 6.29. The van der Waals surface area contributed by atoms with Crippen molar-refractivity contribution in [1.29, 1.82) is 0 Å². The Labute approximate surface area is 198 Å². The van der Waals surface area contributed by atoms with E-state index in [4.69, 9.17) is 16.3 Å². The number of aryl methyl sites for hydroxylation is 2. The van der Waals surface area contributed by atoms with Crippen LogP contribution in [0.2, 0.25) is 0 Å². The molecule has 0 aliphatic heterocycles. The van der Waals surface area contributed by atoms with Gasteiger partial charge in [0.1, 0.15) is 12.4 Å². The van der Waals surface area contributed by atoms with Gasteiger partial charge in [-0.15, -0.1) is 0 Å². The summed E-state index contributed by atoms with van der Waals surface area (Å²) in [4.78, 5) is 23.4. The number of nitrogens with zero attached hydrogens (tertiary/aromatic N) is 2. The summed E-state index contributed by atoms with van der Waals surface area (Å²) < 4.78 is 5.58. The van der Waals surface area contributed by atoms with Gasteiger partial charge in [0.15, 0.2) is 0 Å². The van der Waals surface area contributed by atoms with Gasteiger partial charge < -0.3 is 14.6 Å². The van der Waals surface area contributed by atoms with Gasteiger partial charge in [-0.2, -0.15) is 0 Å². The second-order valence-corrected chi connectivity index (χ2v) is 8.57. The Morgan fingerprint density at radius 1 is 1.06 bits per heavy atom. The van der Waals surface area contributed by atoms with E-state index in [-0.39, 0.29) is 12.5 Å². The fraction of sp³-hybridized carbons (Fsp3) is 0.185. The van der Waals surface area contributed by atoms with Gasteiger partial charge >= 0.3 is 0 Å². The third kappa shape index (κ3) is 5.26. The highest BCUT2D eigenvalue weighted by atomic mass is 35.5. The van der Waals surface area contributed by atoms with Crippen molar-refractivity contribution in [3.63, 3.8) is 0 Å². The molecule has 4 aromatic rings. The lowest BCUT2D eigenvalue weighted by molar-refractivity contribution is 0.0729. The molecule has 33 heavy (non-hydrogen) atoms. The molecule has 0 atom stereocenters. The fourth-order valence-corrected chi connectivity index (χ4v) is 3.85. The number of fused-ring (bicyclic) bond motifs is 1.